The normalized spacial score (nSPS) is 11.5. The lowest BCUT2D eigenvalue weighted by atomic mass is 10.2. The van der Waals surface area contributed by atoms with Gasteiger partial charge in [0.15, 0.2) is 0 Å². The minimum Gasteiger partial charge on any atom is -0.480 e. The van der Waals surface area contributed by atoms with Gasteiger partial charge in [-0.25, -0.2) is 4.79 Å². The summed E-state index contributed by atoms with van der Waals surface area (Å²) in [6.45, 7) is 0. The molecular formula is C7H9NO6. The number of carbonyl (C=O) groups excluding carboxylic acids is 3. The van der Waals surface area contributed by atoms with Crippen LogP contribution in [0.3, 0.4) is 0 Å². The SMILES string of the molecule is N[C@H](CCC(=O)OC(=O)C=O)C(=O)O. The van der Waals surface area contributed by atoms with Gasteiger partial charge in [0.25, 0.3) is 0 Å². The van der Waals surface area contributed by atoms with E-state index in [1.165, 1.54) is 0 Å². The van der Waals surface area contributed by atoms with E-state index in [0.29, 0.717) is 0 Å². The van der Waals surface area contributed by atoms with Crippen molar-refractivity contribution in [2.75, 3.05) is 0 Å². The van der Waals surface area contributed by atoms with E-state index in [-0.39, 0.29) is 19.1 Å². The second-order valence-electron chi connectivity index (χ2n) is 2.39. The molecule has 7 heteroatoms. The zero-order chi connectivity index (χ0) is 11.1. The van der Waals surface area contributed by atoms with E-state index in [4.69, 9.17) is 10.8 Å². The summed E-state index contributed by atoms with van der Waals surface area (Å²) >= 11 is 0. The van der Waals surface area contributed by atoms with Crippen LogP contribution in [-0.4, -0.2) is 35.3 Å². The molecule has 1 atom stereocenters. The number of nitrogens with two attached hydrogens (primary N) is 1. The second-order valence-corrected chi connectivity index (χ2v) is 2.39. The van der Waals surface area contributed by atoms with Gasteiger partial charge >= 0.3 is 17.9 Å². The van der Waals surface area contributed by atoms with Crippen LogP contribution < -0.4 is 5.73 Å². The van der Waals surface area contributed by atoms with Crippen LogP contribution in [-0.2, 0) is 23.9 Å². The van der Waals surface area contributed by atoms with Gasteiger partial charge in [-0.05, 0) is 6.42 Å². The van der Waals surface area contributed by atoms with E-state index < -0.39 is 23.9 Å². The van der Waals surface area contributed by atoms with Crippen molar-refractivity contribution in [1.29, 1.82) is 0 Å². The number of hydrogen-bond acceptors (Lipinski definition) is 6. The smallest absolute Gasteiger partial charge is 0.378 e. The molecule has 0 aromatic heterocycles. The molecule has 0 aliphatic heterocycles. The van der Waals surface area contributed by atoms with Gasteiger partial charge in [-0.2, -0.15) is 0 Å². The highest BCUT2D eigenvalue weighted by Gasteiger charge is 2.15. The fourth-order valence-corrected chi connectivity index (χ4v) is 0.584. The summed E-state index contributed by atoms with van der Waals surface area (Å²) in [6.07, 6.45) is -0.637. The zero-order valence-corrected chi connectivity index (χ0v) is 7.13. The number of aldehydes is 1. The standard InChI is InChI=1S/C7H9NO6/c8-4(7(12)13)1-2-5(10)14-6(11)3-9/h3-4H,1-2,8H2,(H,12,13)/t4-/m1/s1. The second kappa shape index (κ2) is 5.81. The summed E-state index contributed by atoms with van der Waals surface area (Å²) in [5.74, 6) is -3.53. The van der Waals surface area contributed by atoms with Crippen molar-refractivity contribution in [1.82, 2.24) is 0 Å². The average molecular weight is 203 g/mol. The molecule has 14 heavy (non-hydrogen) atoms. The molecule has 0 rings (SSSR count). The first kappa shape index (κ1) is 12.2. The lowest BCUT2D eigenvalue weighted by Crippen LogP contribution is -2.31. The van der Waals surface area contributed by atoms with E-state index in [9.17, 15) is 19.2 Å². The zero-order valence-electron chi connectivity index (χ0n) is 7.13. The maximum absolute atomic E-state index is 10.7. The third-order valence-corrected chi connectivity index (χ3v) is 1.29. The average Bonchev–Trinajstić information content (AvgIpc) is 2.13. The van der Waals surface area contributed by atoms with Gasteiger partial charge in [0.1, 0.15) is 6.04 Å². The van der Waals surface area contributed by atoms with Crippen molar-refractivity contribution in [2.45, 2.75) is 18.9 Å². The Bertz CT molecular complexity index is 261. The number of esters is 2. The quantitative estimate of drug-likeness (QED) is 0.240. The van der Waals surface area contributed by atoms with E-state index in [2.05, 4.69) is 4.74 Å². The minimum absolute atomic E-state index is 0.152. The van der Waals surface area contributed by atoms with Crippen molar-refractivity contribution in [3.8, 4) is 0 Å². The topological polar surface area (TPSA) is 124 Å². The molecule has 0 saturated carbocycles. The van der Waals surface area contributed by atoms with Crippen molar-refractivity contribution >= 4 is 24.2 Å². The van der Waals surface area contributed by atoms with Gasteiger partial charge in [-0.3, -0.25) is 14.4 Å². The summed E-state index contributed by atoms with van der Waals surface area (Å²) < 4.78 is 3.94. The lowest BCUT2D eigenvalue weighted by Gasteiger charge is -2.03. The maximum Gasteiger partial charge on any atom is 0.378 e. The number of hydrogen-bond donors (Lipinski definition) is 2. The number of ether oxygens (including phenoxy) is 1. The Morgan fingerprint density at radius 1 is 1.43 bits per heavy atom. The van der Waals surface area contributed by atoms with Crippen LogP contribution in [0.25, 0.3) is 0 Å². The number of aliphatic carboxylic acids is 1. The third-order valence-electron chi connectivity index (χ3n) is 1.29. The largest absolute Gasteiger partial charge is 0.480 e. The van der Waals surface area contributed by atoms with Crippen LogP contribution >= 0.6 is 0 Å². The van der Waals surface area contributed by atoms with E-state index >= 15 is 0 Å². The highest BCUT2D eigenvalue weighted by atomic mass is 16.6. The van der Waals surface area contributed by atoms with Crippen LogP contribution in [0.2, 0.25) is 0 Å². The van der Waals surface area contributed by atoms with Crippen molar-refractivity contribution < 1.29 is 29.0 Å². The molecule has 0 aromatic rings. The Hall–Kier alpha value is -1.76. The molecule has 0 radical (unpaired) electrons. The van der Waals surface area contributed by atoms with E-state index in [1.54, 1.807) is 0 Å². The Morgan fingerprint density at radius 2 is 2.00 bits per heavy atom. The molecule has 0 fully saturated rings. The summed E-state index contributed by atoms with van der Waals surface area (Å²) in [6, 6.07) is -1.19. The number of carboxylic acids is 1. The molecule has 0 aromatic carbocycles. The minimum atomic E-state index is -1.31. The molecule has 78 valence electrons. The summed E-state index contributed by atoms with van der Waals surface area (Å²) in [4.78, 5) is 40.9. The first-order valence-corrected chi connectivity index (χ1v) is 3.65. The molecule has 0 heterocycles. The first-order chi connectivity index (χ1) is 6.47. The van der Waals surface area contributed by atoms with E-state index in [1.807, 2.05) is 0 Å². The highest BCUT2D eigenvalue weighted by molar-refractivity contribution is 6.22. The summed E-state index contributed by atoms with van der Waals surface area (Å²) in [7, 11) is 0. The molecule has 0 amide bonds. The van der Waals surface area contributed by atoms with Gasteiger partial charge in [-0.15, -0.1) is 0 Å². The molecule has 0 aliphatic carbocycles. The fraction of sp³-hybridized carbons (Fsp3) is 0.429. The molecule has 0 bridgehead atoms. The van der Waals surface area contributed by atoms with Gasteiger partial charge in [-0.1, -0.05) is 0 Å². The van der Waals surface area contributed by atoms with Crippen molar-refractivity contribution in [2.24, 2.45) is 5.73 Å². The van der Waals surface area contributed by atoms with Crippen LogP contribution in [0.1, 0.15) is 12.8 Å². The first-order valence-electron chi connectivity index (χ1n) is 3.65. The number of carbonyl (C=O) groups is 4. The predicted octanol–water partition coefficient (Wildman–Crippen LogP) is -1.55. The molecular weight excluding hydrogens is 194 g/mol. The molecule has 0 spiro atoms. The van der Waals surface area contributed by atoms with Crippen LogP contribution in [0.5, 0.6) is 0 Å². The lowest BCUT2D eigenvalue weighted by molar-refractivity contribution is -0.161. The third kappa shape index (κ3) is 4.99. The monoisotopic (exact) mass is 203 g/mol. The van der Waals surface area contributed by atoms with E-state index in [0.717, 1.165) is 0 Å². The molecule has 3 N–H and O–H groups in total. The molecule has 0 unspecified atom stereocenters. The Labute approximate surface area is 78.8 Å². The van der Waals surface area contributed by atoms with Crippen LogP contribution in [0, 0.1) is 0 Å². The van der Waals surface area contributed by atoms with Gasteiger partial charge in [0.05, 0.1) is 0 Å². The van der Waals surface area contributed by atoms with Crippen LogP contribution in [0.15, 0.2) is 0 Å². The predicted molar refractivity (Wildman–Crippen MR) is 42.0 cm³/mol. The van der Waals surface area contributed by atoms with Gasteiger partial charge < -0.3 is 15.6 Å². The molecule has 0 saturated heterocycles. The summed E-state index contributed by atoms with van der Waals surface area (Å²) in [5, 5.41) is 8.32. The molecule has 7 nitrogen and oxygen atoms in total. The van der Waals surface area contributed by atoms with Gasteiger partial charge in [0.2, 0.25) is 6.29 Å². The molecule has 0 aliphatic rings. The van der Waals surface area contributed by atoms with Crippen molar-refractivity contribution in [3.63, 3.8) is 0 Å². The van der Waals surface area contributed by atoms with Gasteiger partial charge in [0, 0.05) is 6.42 Å². The highest BCUT2D eigenvalue weighted by Crippen LogP contribution is 1.97. The maximum atomic E-state index is 10.7. The Kier molecular flexibility index (Phi) is 5.08. The van der Waals surface area contributed by atoms with Crippen LogP contribution in [0.4, 0.5) is 0 Å². The fourth-order valence-electron chi connectivity index (χ4n) is 0.584. The Balaban J connectivity index is 3.80. The Morgan fingerprint density at radius 3 is 2.43 bits per heavy atom. The van der Waals surface area contributed by atoms with Crippen molar-refractivity contribution in [3.05, 3.63) is 0 Å². The summed E-state index contributed by atoms with van der Waals surface area (Å²) in [5.41, 5.74) is 5.07. The number of carboxylic acid groups (broad SMARTS) is 1. The number of rotatable bonds is 5.